The molecule has 1 amide bonds. The van der Waals surface area contributed by atoms with Crippen LogP contribution in [0, 0.1) is 0 Å². The molecule has 0 aliphatic rings. The van der Waals surface area contributed by atoms with Crippen molar-refractivity contribution in [3.63, 3.8) is 0 Å². The molecule has 106 valence electrons. The SMILES string of the molecule is COc1cc(CN)cc(OCCC(=O)NC(C)C)c1. The van der Waals surface area contributed by atoms with Crippen LogP contribution in [0.3, 0.4) is 0 Å². The maximum Gasteiger partial charge on any atom is 0.223 e. The summed E-state index contributed by atoms with van der Waals surface area (Å²) in [5.74, 6) is 1.35. The highest BCUT2D eigenvalue weighted by Crippen LogP contribution is 2.22. The standard InChI is InChI=1S/C14H22N2O3/c1-10(2)16-14(17)4-5-19-13-7-11(9-15)6-12(8-13)18-3/h6-8,10H,4-5,9,15H2,1-3H3,(H,16,17). The second kappa shape index (κ2) is 7.63. The van der Waals surface area contributed by atoms with Crippen LogP contribution < -0.4 is 20.5 Å². The summed E-state index contributed by atoms with van der Waals surface area (Å²) in [5, 5.41) is 2.81. The molecule has 0 aliphatic carbocycles. The average molecular weight is 266 g/mol. The molecule has 0 saturated carbocycles. The van der Waals surface area contributed by atoms with Crippen molar-refractivity contribution in [2.75, 3.05) is 13.7 Å². The number of carbonyl (C=O) groups excluding carboxylic acids is 1. The van der Waals surface area contributed by atoms with Gasteiger partial charge < -0.3 is 20.5 Å². The molecular weight excluding hydrogens is 244 g/mol. The summed E-state index contributed by atoms with van der Waals surface area (Å²) in [5.41, 5.74) is 6.53. The molecule has 0 fully saturated rings. The molecule has 19 heavy (non-hydrogen) atoms. The molecule has 1 aromatic carbocycles. The highest BCUT2D eigenvalue weighted by atomic mass is 16.5. The monoisotopic (exact) mass is 266 g/mol. The van der Waals surface area contributed by atoms with Gasteiger partial charge in [0.15, 0.2) is 0 Å². The predicted octanol–water partition coefficient (Wildman–Crippen LogP) is 1.45. The van der Waals surface area contributed by atoms with Gasteiger partial charge in [0.25, 0.3) is 0 Å². The number of methoxy groups -OCH3 is 1. The number of nitrogens with one attached hydrogen (secondary N) is 1. The van der Waals surface area contributed by atoms with Crippen LogP contribution in [0.25, 0.3) is 0 Å². The van der Waals surface area contributed by atoms with E-state index in [1.54, 1.807) is 13.2 Å². The molecule has 0 bridgehead atoms. The molecule has 3 N–H and O–H groups in total. The van der Waals surface area contributed by atoms with Gasteiger partial charge in [0.1, 0.15) is 11.5 Å². The minimum Gasteiger partial charge on any atom is -0.497 e. The van der Waals surface area contributed by atoms with Gasteiger partial charge in [-0.05, 0) is 31.5 Å². The highest BCUT2D eigenvalue weighted by molar-refractivity contribution is 5.76. The van der Waals surface area contributed by atoms with Crippen molar-refractivity contribution < 1.29 is 14.3 Å². The summed E-state index contributed by atoms with van der Waals surface area (Å²) in [4.78, 5) is 11.5. The predicted molar refractivity (Wildman–Crippen MR) is 74.3 cm³/mol. The van der Waals surface area contributed by atoms with Crippen LogP contribution in [0.15, 0.2) is 18.2 Å². The molecule has 5 nitrogen and oxygen atoms in total. The van der Waals surface area contributed by atoms with Gasteiger partial charge in [-0.3, -0.25) is 4.79 Å². The molecule has 0 aromatic heterocycles. The Labute approximate surface area is 114 Å². The minimum atomic E-state index is -0.0167. The van der Waals surface area contributed by atoms with E-state index in [1.165, 1.54) is 0 Å². The Kier molecular flexibility index (Phi) is 6.15. The van der Waals surface area contributed by atoms with Crippen molar-refractivity contribution in [1.29, 1.82) is 0 Å². The van der Waals surface area contributed by atoms with E-state index in [0.29, 0.717) is 31.1 Å². The van der Waals surface area contributed by atoms with E-state index in [4.69, 9.17) is 15.2 Å². The van der Waals surface area contributed by atoms with E-state index in [1.807, 2.05) is 26.0 Å². The van der Waals surface area contributed by atoms with Crippen LogP contribution >= 0.6 is 0 Å². The molecule has 0 unspecified atom stereocenters. The fraction of sp³-hybridized carbons (Fsp3) is 0.500. The Hall–Kier alpha value is -1.75. The molecule has 0 aliphatic heterocycles. The van der Waals surface area contributed by atoms with Gasteiger partial charge in [0.2, 0.25) is 5.91 Å². The number of benzene rings is 1. The molecule has 0 saturated heterocycles. The number of hydrogen-bond acceptors (Lipinski definition) is 4. The number of amides is 1. The number of carbonyl (C=O) groups is 1. The zero-order valence-electron chi connectivity index (χ0n) is 11.7. The van der Waals surface area contributed by atoms with E-state index < -0.39 is 0 Å². The van der Waals surface area contributed by atoms with Crippen molar-refractivity contribution in [2.24, 2.45) is 5.73 Å². The Bertz CT molecular complexity index is 397. The van der Waals surface area contributed by atoms with Crippen molar-refractivity contribution in [1.82, 2.24) is 5.32 Å². The molecular formula is C14H22N2O3. The first-order valence-corrected chi connectivity index (χ1v) is 6.35. The number of ether oxygens (including phenoxy) is 2. The Morgan fingerprint density at radius 3 is 2.58 bits per heavy atom. The van der Waals surface area contributed by atoms with Crippen LogP contribution in [-0.4, -0.2) is 25.7 Å². The lowest BCUT2D eigenvalue weighted by Gasteiger charge is -2.11. The van der Waals surface area contributed by atoms with Gasteiger partial charge in [-0.2, -0.15) is 0 Å². The Morgan fingerprint density at radius 2 is 2.00 bits per heavy atom. The lowest BCUT2D eigenvalue weighted by molar-refractivity contribution is -0.122. The molecule has 0 atom stereocenters. The molecule has 5 heteroatoms. The van der Waals surface area contributed by atoms with E-state index in [2.05, 4.69) is 5.32 Å². The van der Waals surface area contributed by atoms with Crippen molar-refractivity contribution in [2.45, 2.75) is 32.9 Å². The molecule has 1 aromatic rings. The lowest BCUT2D eigenvalue weighted by atomic mass is 10.2. The van der Waals surface area contributed by atoms with Crippen molar-refractivity contribution in [3.05, 3.63) is 23.8 Å². The summed E-state index contributed by atoms with van der Waals surface area (Å²) in [6.07, 6.45) is 0.327. The Morgan fingerprint density at radius 1 is 1.32 bits per heavy atom. The van der Waals surface area contributed by atoms with Crippen molar-refractivity contribution >= 4 is 5.91 Å². The summed E-state index contributed by atoms with van der Waals surface area (Å²) in [6.45, 7) is 4.60. The first-order chi connectivity index (χ1) is 9.05. The van der Waals surface area contributed by atoms with Crippen LogP contribution in [-0.2, 0) is 11.3 Å². The first kappa shape index (κ1) is 15.3. The quantitative estimate of drug-likeness (QED) is 0.783. The summed E-state index contributed by atoms with van der Waals surface area (Å²) in [7, 11) is 1.59. The summed E-state index contributed by atoms with van der Waals surface area (Å²) in [6, 6.07) is 5.63. The zero-order valence-corrected chi connectivity index (χ0v) is 11.7. The minimum absolute atomic E-state index is 0.0167. The van der Waals surface area contributed by atoms with Gasteiger partial charge in [0, 0.05) is 18.7 Å². The first-order valence-electron chi connectivity index (χ1n) is 6.35. The maximum absolute atomic E-state index is 11.5. The topological polar surface area (TPSA) is 73.6 Å². The fourth-order valence-corrected chi connectivity index (χ4v) is 1.61. The third-order valence-corrected chi connectivity index (χ3v) is 2.46. The van der Waals surface area contributed by atoms with Crippen molar-refractivity contribution in [3.8, 4) is 11.5 Å². The second-order valence-corrected chi connectivity index (χ2v) is 4.54. The number of nitrogens with two attached hydrogens (primary N) is 1. The van der Waals surface area contributed by atoms with Crippen LogP contribution in [0.4, 0.5) is 0 Å². The smallest absolute Gasteiger partial charge is 0.223 e. The highest BCUT2D eigenvalue weighted by Gasteiger charge is 2.05. The van der Waals surface area contributed by atoms with Crippen LogP contribution in [0.2, 0.25) is 0 Å². The zero-order chi connectivity index (χ0) is 14.3. The fourth-order valence-electron chi connectivity index (χ4n) is 1.61. The number of rotatable bonds is 7. The lowest BCUT2D eigenvalue weighted by Crippen LogP contribution is -2.31. The third kappa shape index (κ3) is 5.61. The van der Waals surface area contributed by atoms with E-state index in [9.17, 15) is 4.79 Å². The number of hydrogen-bond donors (Lipinski definition) is 2. The van der Waals surface area contributed by atoms with Gasteiger partial charge >= 0.3 is 0 Å². The van der Waals surface area contributed by atoms with Crippen LogP contribution in [0.1, 0.15) is 25.8 Å². The molecule has 0 spiro atoms. The van der Waals surface area contributed by atoms with Gasteiger partial charge in [-0.15, -0.1) is 0 Å². The van der Waals surface area contributed by atoms with Gasteiger partial charge in [-0.1, -0.05) is 0 Å². The normalized spacial score (nSPS) is 10.4. The second-order valence-electron chi connectivity index (χ2n) is 4.54. The van der Waals surface area contributed by atoms with Crippen LogP contribution in [0.5, 0.6) is 11.5 Å². The maximum atomic E-state index is 11.5. The molecule has 1 rings (SSSR count). The summed E-state index contributed by atoms with van der Waals surface area (Å²) < 4.78 is 10.7. The average Bonchev–Trinajstić information content (AvgIpc) is 2.37. The Balaban J connectivity index is 2.50. The summed E-state index contributed by atoms with van der Waals surface area (Å²) >= 11 is 0. The van der Waals surface area contributed by atoms with Gasteiger partial charge in [-0.25, -0.2) is 0 Å². The van der Waals surface area contributed by atoms with E-state index in [-0.39, 0.29) is 11.9 Å². The van der Waals surface area contributed by atoms with E-state index in [0.717, 1.165) is 5.56 Å². The van der Waals surface area contributed by atoms with Gasteiger partial charge in [0.05, 0.1) is 20.1 Å². The molecule has 0 heterocycles. The molecule has 0 radical (unpaired) electrons. The van der Waals surface area contributed by atoms with E-state index >= 15 is 0 Å². The third-order valence-electron chi connectivity index (χ3n) is 2.46. The largest absolute Gasteiger partial charge is 0.497 e.